The van der Waals surface area contributed by atoms with Gasteiger partial charge in [0.2, 0.25) is 0 Å². The van der Waals surface area contributed by atoms with Crippen LogP contribution in [0.3, 0.4) is 0 Å². The summed E-state index contributed by atoms with van der Waals surface area (Å²) in [6.45, 7) is 0. The molecule has 24 heavy (non-hydrogen) atoms. The van der Waals surface area contributed by atoms with E-state index in [1.165, 1.54) is 44.2 Å². The fourth-order valence-electron chi connectivity index (χ4n) is 1.91. The van der Waals surface area contributed by atoms with Crippen molar-refractivity contribution in [1.29, 1.82) is 0 Å². The van der Waals surface area contributed by atoms with Gasteiger partial charge in [0.1, 0.15) is 55.0 Å². The van der Waals surface area contributed by atoms with Crippen LogP contribution in [0.2, 0.25) is 0 Å². The molecule has 0 unspecified atom stereocenters. The summed E-state index contributed by atoms with van der Waals surface area (Å²) in [6.07, 6.45) is 9.79. The molecule has 0 amide bonds. The molecule has 0 saturated heterocycles. The quantitative estimate of drug-likeness (QED) is 0.505. The SMILES string of the molecule is c1ncnc(-c2cnc(-c3ncncn3)c(-c3ncncn3)n2)n1. The van der Waals surface area contributed by atoms with Gasteiger partial charge in [0.05, 0.1) is 6.20 Å². The second-order valence-corrected chi connectivity index (χ2v) is 4.34. The van der Waals surface area contributed by atoms with E-state index in [0.29, 0.717) is 34.6 Å². The molecule has 0 aliphatic carbocycles. The van der Waals surface area contributed by atoms with Crippen LogP contribution < -0.4 is 0 Å². The molecule has 0 atom stereocenters. The van der Waals surface area contributed by atoms with Crippen molar-refractivity contribution in [3.05, 3.63) is 44.2 Å². The maximum absolute atomic E-state index is 4.52. The van der Waals surface area contributed by atoms with Crippen molar-refractivity contribution in [2.45, 2.75) is 0 Å². The van der Waals surface area contributed by atoms with Gasteiger partial charge in [0, 0.05) is 0 Å². The first-order chi connectivity index (χ1) is 11.9. The molecular formula is C13H7N11. The topological polar surface area (TPSA) is 142 Å². The first-order valence-electron chi connectivity index (χ1n) is 6.66. The summed E-state index contributed by atoms with van der Waals surface area (Å²) in [5.41, 5.74) is 1.26. The highest BCUT2D eigenvalue weighted by molar-refractivity contribution is 5.71. The van der Waals surface area contributed by atoms with Crippen molar-refractivity contribution >= 4 is 0 Å². The minimum atomic E-state index is 0.337. The molecule has 0 aliphatic rings. The summed E-state index contributed by atoms with van der Waals surface area (Å²) in [4.78, 5) is 44.9. The summed E-state index contributed by atoms with van der Waals surface area (Å²) in [6, 6.07) is 0. The van der Waals surface area contributed by atoms with E-state index in [4.69, 9.17) is 0 Å². The van der Waals surface area contributed by atoms with E-state index >= 15 is 0 Å². The summed E-state index contributed by atoms with van der Waals surface area (Å²) >= 11 is 0. The van der Waals surface area contributed by atoms with Crippen molar-refractivity contribution in [2.75, 3.05) is 0 Å². The average molecular weight is 317 g/mol. The lowest BCUT2D eigenvalue weighted by Gasteiger charge is -2.07. The summed E-state index contributed by atoms with van der Waals surface area (Å²) in [7, 11) is 0. The smallest absolute Gasteiger partial charge is 0.183 e. The molecule has 0 saturated carbocycles. The van der Waals surface area contributed by atoms with Gasteiger partial charge in [-0.15, -0.1) is 0 Å². The third-order valence-electron chi connectivity index (χ3n) is 2.91. The fraction of sp³-hybridized carbons (Fsp3) is 0. The molecule has 0 bridgehead atoms. The Kier molecular flexibility index (Phi) is 3.48. The van der Waals surface area contributed by atoms with Crippen LogP contribution in [0.5, 0.6) is 0 Å². The van der Waals surface area contributed by atoms with Gasteiger partial charge in [0.15, 0.2) is 17.5 Å². The van der Waals surface area contributed by atoms with E-state index in [9.17, 15) is 0 Å². The summed E-state index contributed by atoms with van der Waals surface area (Å²) < 4.78 is 0. The molecule has 0 fully saturated rings. The van der Waals surface area contributed by atoms with Crippen LogP contribution in [0, 0.1) is 0 Å². The Morgan fingerprint density at radius 3 is 1.46 bits per heavy atom. The van der Waals surface area contributed by atoms with Crippen molar-refractivity contribution in [3.63, 3.8) is 0 Å². The van der Waals surface area contributed by atoms with Crippen molar-refractivity contribution in [2.24, 2.45) is 0 Å². The molecule has 4 aromatic heterocycles. The standard InChI is InChI=1S/C13H7N11/c1-8(11-18-2-14-3-19-11)24-10(13-22-6-16-7-23-13)9(17-1)12-20-4-15-5-21-12/h1-7H. The first-order valence-corrected chi connectivity index (χ1v) is 6.66. The Balaban J connectivity index is 1.92. The van der Waals surface area contributed by atoms with Gasteiger partial charge in [-0.05, 0) is 0 Å². The summed E-state index contributed by atoms with van der Waals surface area (Å²) in [5, 5.41) is 0. The number of hydrogen-bond acceptors (Lipinski definition) is 11. The predicted octanol–water partition coefficient (Wildman–Crippen LogP) is 0.0326. The fourth-order valence-corrected chi connectivity index (χ4v) is 1.91. The number of hydrogen-bond donors (Lipinski definition) is 0. The lowest BCUT2D eigenvalue weighted by atomic mass is 10.2. The maximum atomic E-state index is 4.52. The van der Waals surface area contributed by atoms with Crippen LogP contribution in [-0.4, -0.2) is 54.8 Å². The Labute approximate surface area is 134 Å². The first kappa shape index (κ1) is 13.8. The maximum Gasteiger partial charge on any atom is 0.183 e. The van der Waals surface area contributed by atoms with Crippen molar-refractivity contribution in [3.8, 4) is 34.6 Å². The Morgan fingerprint density at radius 1 is 0.458 bits per heavy atom. The third-order valence-corrected chi connectivity index (χ3v) is 2.91. The number of aromatic nitrogens is 11. The van der Waals surface area contributed by atoms with Crippen LogP contribution in [0.4, 0.5) is 0 Å². The van der Waals surface area contributed by atoms with Gasteiger partial charge in [-0.25, -0.2) is 54.8 Å². The normalized spacial score (nSPS) is 10.5. The van der Waals surface area contributed by atoms with Gasteiger partial charge in [-0.1, -0.05) is 0 Å². The monoisotopic (exact) mass is 317 g/mol. The molecular weight excluding hydrogens is 310 g/mol. The van der Waals surface area contributed by atoms with Gasteiger partial charge in [-0.2, -0.15) is 0 Å². The lowest BCUT2D eigenvalue weighted by molar-refractivity contribution is 0.998. The summed E-state index contributed by atoms with van der Waals surface area (Å²) in [5.74, 6) is 1.08. The van der Waals surface area contributed by atoms with Crippen LogP contribution >= 0.6 is 0 Å². The highest BCUT2D eigenvalue weighted by atomic mass is 15.1. The molecule has 0 N–H and O–H groups in total. The van der Waals surface area contributed by atoms with E-state index in [2.05, 4.69) is 54.8 Å². The number of rotatable bonds is 3. The minimum Gasteiger partial charge on any atom is -0.248 e. The molecule has 11 nitrogen and oxygen atoms in total. The third kappa shape index (κ3) is 2.61. The van der Waals surface area contributed by atoms with Crippen LogP contribution in [0.1, 0.15) is 0 Å². The Bertz CT molecular complexity index is 947. The van der Waals surface area contributed by atoms with Crippen molar-refractivity contribution < 1.29 is 0 Å². The zero-order valence-corrected chi connectivity index (χ0v) is 12.0. The van der Waals surface area contributed by atoms with E-state index in [1.807, 2.05) is 0 Å². The van der Waals surface area contributed by atoms with E-state index in [-0.39, 0.29) is 0 Å². The van der Waals surface area contributed by atoms with Crippen LogP contribution in [0.15, 0.2) is 44.2 Å². The predicted molar refractivity (Wildman–Crippen MR) is 78.5 cm³/mol. The average Bonchev–Trinajstić information content (AvgIpc) is 2.69. The molecule has 114 valence electrons. The zero-order valence-electron chi connectivity index (χ0n) is 12.0. The molecule has 0 spiro atoms. The molecule has 4 rings (SSSR count). The van der Waals surface area contributed by atoms with E-state index < -0.39 is 0 Å². The largest absolute Gasteiger partial charge is 0.248 e. The Morgan fingerprint density at radius 2 is 0.917 bits per heavy atom. The van der Waals surface area contributed by atoms with E-state index in [1.54, 1.807) is 0 Å². The minimum absolute atomic E-state index is 0.337. The van der Waals surface area contributed by atoms with Gasteiger partial charge in [0.25, 0.3) is 0 Å². The molecule has 0 aromatic carbocycles. The second-order valence-electron chi connectivity index (χ2n) is 4.34. The zero-order chi connectivity index (χ0) is 16.2. The molecule has 11 heteroatoms. The number of nitrogens with zero attached hydrogens (tertiary/aromatic N) is 11. The highest BCUT2D eigenvalue weighted by Crippen LogP contribution is 2.25. The molecule has 0 aliphatic heterocycles. The van der Waals surface area contributed by atoms with Gasteiger partial charge in [-0.3, -0.25) is 0 Å². The molecule has 4 aromatic rings. The van der Waals surface area contributed by atoms with Gasteiger partial charge >= 0.3 is 0 Å². The highest BCUT2D eigenvalue weighted by Gasteiger charge is 2.17. The molecule has 4 heterocycles. The molecule has 0 radical (unpaired) electrons. The lowest BCUT2D eigenvalue weighted by Crippen LogP contribution is -2.03. The Hall–Kier alpha value is -3.89. The van der Waals surface area contributed by atoms with E-state index in [0.717, 1.165) is 0 Å². The van der Waals surface area contributed by atoms with Crippen LogP contribution in [0.25, 0.3) is 34.6 Å². The van der Waals surface area contributed by atoms with Gasteiger partial charge < -0.3 is 0 Å². The van der Waals surface area contributed by atoms with Crippen molar-refractivity contribution in [1.82, 2.24) is 54.8 Å². The second kappa shape index (κ2) is 6.08. The van der Waals surface area contributed by atoms with Crippen LogP contribution in [-0.2, 0) is 0 Å².